The van der Waals surface area contributed by atoms with Crippen LogP contribution in [0.5, 0.6) is 0 Å². The maximum Gasteiger partial charge on any atom is 0.416 e. The van der Waals surface area contributed by atoms with Crippen molar-refractivity contribution in [1.29, 1.82) is 0 Å². The van der Waals surface area contributed by atoms with E-state index in [9.17, 15) is 22.8 Å². The molecule has 194 valence electrons. The Morgan fingerprint density at radius 1 is 1.27 bits per heavy atom. The van der Waals surface area contributed by atoms with Gasteiger partial charge in [-0.2, -0.15) is 18.3 Å². The summed E-state index contributed by atoms with van der Waals surface area (Å²) in [5.41, 5.74) is 4.48. The first-order valence-corrected chi connectivity index (χ1v) is 11.6. The van der Waals surface area contributed by atoms with Crippen LogP contribution in [0.1, 0.15) is 39.9 Å². The third-order valence-electron chi connectivity index (χ3n) is 6.51. The van der Waals surface area contributed by atoms with Gasteiger partial charge < -0.3 is 15.4 Å². The molecule has 0 unspecified atom stereocenters. The van der Waals surface area contributed by atoms with Crippen LogP contribution in [0.4, 0.5) is 33.9 Å². The van der Waals surface area contributed by atoms with E-state index in [0.29, 0.717) is 12.0 Å². The smallest absolute Gasteiger partial charge is 0.416 e. The monoisotopic (exact) mass is 537 g/mol. The molecule has 1 atom stereocenters. The molecular weight excluding hydrogens is 518 g/mol. The number of fused-ring (bicyclic) bond motifs is 2. The Labute approximate surface area is 212 Å². The molecule has 1 spiro atoms. The molecule has 1 fully saturated rings. The van der Waals surface area contributed by atoms with Crippen molar-refractivity contribution in [3.05, 3.63) is 75.7 Å². The van der Waals surface area contributed by atoms with Crippen molar-refractivity contribution in [3.8, 4) is 0 Å². The van der Waals surface area contributed by atoms with Crippen LogP contribution < -0.4 is 11.1 Å². The summed E-state index contributed by atoms with van der Waals surface area (Å²) < 4.78 is 61.0. The largest absolute Gasteiger partial charge is 0.436 e. The highest BCUT2D eigenvalue weighted by molar-refractivity contribution is 6.31. The van der Waals surface area contributed by atoms with Crippen LogP contribution >= 0.6 is 11.6 Å². The number of hydrogen-bond acceptors (Lipinski definition) is 5. The molecule has 1 saturated heterocycles. The van der Waals surface area contributed by atoms with Crippen molar-refractivity contribution in [2.45, 2.75) is 31.2 Å². The number of ether oxygens (including phenoxy) is 1. The van der Waals surface area contributed by atoms with Crippen molar-refractivity contribution in [3.63, 3.8) is 0 Å². The van der Waals surface area contributed by atoms with Gasteiger partial charge in [0, 0.05) is 6.54 Å². The van der Waals surface area contributed by atoms with E-state index in [1.54, 1.807) is 0 Å². The number of nitrogens with one attached hydrogen (secondary N) is 1. The maximum atomic E-state index is 15.1. The van der Waals surface area contributed by atoms with Crippen LogP contribution in [0, 0.1) is 5.82 Å². The number of nitrogens with zero attached hydrogens (tertiary/aromatic N) is 3. The summed E-state index contributed by atoms with van der Waals surface area (Å²) in [6, 6.07) is 7.51. The number of aromatic nitrogens is 2. The van der Waals surface area contributed by atoms with Crippen LogP contribution in [0.25, 0.3) is 0 Å². The van der Waals surface area contributed by atoms with Crippen molar-refractivity contribution in [2.24, 2.45) is 0 Å². The SMILES string of the molecule is Nc1c(C(=O)N2CCC[C@@]3(C2)OC(=O)Nc2ccc(Cl)c(F)c23)cnn1Cc1cccc(C(F)(F)F)c1. The number of rotatable bonds is 3. The minimum atomic E-state index is -4.50. The third kappa shape index (κ3) is 4.45. The Morgan fingerprint density at radius 3 is 2.81 bits per heavy atom. The number of carbonyl (C=O) groups excluding carboxylic acids is 2. The van der Waals surface area contributed by atoms with Crippen LogP contribution in [-0.4, -0.2) is 39.8 Å². The van der Waals surface area contributed by atoms with Gasteiger partial charge in [0.25, 0.3) is 5.91 Å². The topological polar surface area (TPSA) is 102 Å². The summed E-state index contributed by atoms with van der Waals surface area (Å²) in [5, 5.41) is 6.39. The summed E-state index contributed by atoms with van der Waals surface area (Å²) in [6.07, 6.45) is -3.40. The summed E-state index contributed by atoms with van der Waals surface area (Å²) in [5.74, 6) is -1.33. The van der Waals surface area contributed by atoms with Crippen LogP contribution in [0.3, 0.4) is 0 Å². The molecule has 3 N–H and O–H groups in total. The zero-order chi connectivity index (χ0) is 26.5. The summed E-state index contributed by atoms with van der Waals surface area (Å²) in [6.45, 7) is 0.0381. The molecule has 13 heteroatoms. The predicted octanol–water partition coefficient (Wildman–Crippen LogP) is 5.02. The minimum Gasteiger partial charge on any atom is -0.436 e. The summed E-state index contributed by atoms with van der Waals surface area (Å²) in [7, 11) is 0. The van der Waals surface area contributed by atoms with Gasteiger partial charge in [0.2, 0.25) is 0 Å². The number of benzene rings is 2. The van der Waals surface area contributed by atoms with E-state index in [1.807, 2.05) is 0 Å². The van der Waals surface area contributed by atoms with E-state index in [1.165, 1.54) is 40.0 Å². The summed E-state index contributed by atoms with van der Waals surface area (Å²) in [4.78, 5) is 27.1. The second kappa shape index (κ2) is 8.94. The molecule has 0 aliphatic carbocycles. The number of carbonyl (C=O) groups is 2. The molecule has 3 aromatic rings. The average molecular weight is 538 g/mol. The highest BCUT2D eigenvalue weighted by Crippen LogP contribution is 2.45. The number of likely N-dealkylation sites (tertiary alicyclic amines) is 1. The number of alkyl halides is 3. The van der Waals surface area contributed by atoms with Gasteiger partial charge >= 0.3 is 12.3 Å². The zero-order valence-corrected chi connectivity index (χ0v) is 19.9. The molecule has 0 bridgehead atoms. The van der Waals surface area contributed by atoms with Crippen LogP contribution in [-0.2, 0) is 23.1 Å². The fraction of sp³-hybridized carbons (Fsp3) is 0.292. The molecular formula is C24H20ClF4N5O3. The fourth-order valence-corrected chi connectivity index (χ4v) is 4.98. The minimum absolute atomic E-state index is 0.0241. The molecule has 2 aromatic carbocycles. The molecule has 1 aromatic heterocycles. The first-order valence-electron chi connectivity index (χ1n) is 11.2. The lowest BCUT2D eigenvalue weighted by atomic mass is 9.83. The van der Waals surface area contributed by atoms with Gasteiger partial charge in [-0.05, 0) is 42.7 Å². The quantitative estimate of drug-likeness (QED) is 0.457. The molecule has 2 aliphatic rings. The number of hydrogen-bond donors (Lipinski definition) is 2. The second-order valence-corrected chi connectivity index (χ2v) is 9.33. The first-order chi connectivity index (χ1) is 17.5. The van der Waals surface area contributed by atoms with E-state index in [2.05, 4.69) is 10.4 Å². The predicted molar refractivity (Wildman–Crippen MR) is 126 cm³/mol. The van der Waals surface area contributed by atoms with Gasteiger partial charge in [0.15, 0.2) is 11.4 Å². The highest BCUT2D eigenvalue weighted by Gasteiger charge is 2.49. The Hall–Kier alpha value is -3.80. The Morgan fingerprint density at radius 2 is 2.05 bits per heavy atom. The van der Waals surface area contributed by atoms with Crippen molar-refractivity contribution >= 4 is 35.1 Å². The molecule has 5 rings (SSSR count). The number of anilines is 2. The standard InChI is InChI=1S/C24H20ClF4N5O3/c25-16-5-6-17-18(19(16)26)23(37-22(36)32-17)7-2-8-33(12-23)21(35)15-10-31-34(20(15)30)11-13-3-1-4-14(9-13)24(27,28)29/h1,3-6,9-10H,2,7-8,11-12,30H2,(H,32,36)/t23-/m0/s1. The van der Waals surface area contributed by atoms with E-state index in [0.717, 1.165) is 12.1 Å². The van der Waals surface area contributed by atoms with Crippen molar-refractivity contribution < 1.29 is 31.9 Å². The molecule has 8 nitrogen and oxygen atoms in total. The number of nitrogens with two attached hydrogens (primary N) is 1. The first kappa shape index (κ1) is 24.9. The zero-order valence-electron chi connectivity index (χ0n) is 19.1. The molecule has 2 aliphatic heterocycles. The highest BCUT2D eigenvalue weighted by atomic mass is 35.5. The fourth-order valence-electron chi connectivity index (χ4n) is 4.82. The van der Waals surface area contributed by atoms with E-state index < -0.39 is 35.2 Å². The van der Waals surface area contributed by atoms with Gasteiger partial charge in [-0.3, -0.25) is 10.1 Å². The molecule has 37 heavy (non-hydrogen) atoms. The van der Waals surface area contributed by atoms with E-state index >= 15 is 4.39 Å². The second-order valence-electron chi connectivity index (χ2n) is 8.92. The van der Waals surface area contributed by atoms with Crippen LogP contribution in [0.15, 0.2) is 42.6 Å². The van der Waals surface area contributed by atoms with Gasteiger partial charge in [-0.1, -0.05) is 23.7 Å². The lowest BCUT2D eigenvalue weighted by molar-refractivity contribution is -0.137. The van der Waals surface area contributed by atoms with Gasteiger partial charge in [0.1, 0.15) is 11.4 Å². The van der Waals surface area contributed by atoms with Crippen LogP contribution in [0.2, 0.25) is 5.02 Å². The maximum absolute atomic E-state index is 15.1. The lowest BCUT2D eigenvalue weighted by Gasteiger charge is -2.45. The van der Waals surface area contributed by atoms with Gasteiger partial charge in [-0.25, -0.2) is 13.9 Å². The van der Waals surface area contributed by atoms with E-state index in [4.69, 9.17) is 22.1 Å². The number of amides is 2. The third-order valence-corrected chi connectivity index (χ3v) is 6.81. The lowest BCUT2D eigenvalue weighted by Crippen LogP contribution is -2.53. The van der Waals surface area contributed by atoms with Gasteiger partial charge in [0.05, 0.1) is 41.1 Å². The average Bonchev–Trinajstić information content (AvgIpc) is 3.20. The Kier molecular flexibility index (Phi) is 6.01. The van der Waals surface area contributed by atoms with E-state index in [-0.39, 0.29) is 53.7 Å². The van der Waals surface area contributed by atoms with Crippen molar-refractivity contribution in [1.82, 2.24) is 14.7 Å². The number of piperidine rings is 1. The summed E-state index contributed by atoms with van der Waals surface area (Å²) >= 11 is 5.99. The number of halogens is 5. The molecule has 0 radical (unpaired) electrons. The van der Waals surface area contributed by atoms with Crippen molar-refractivity contribution in [2.75, 3.05) is 24.1 Å². The Balaban J connectivity index is 1.41. The normalized spacial score (nSPS) is 19.4. The number of nitrogen functional groups attached to an aromatic ring is 1. The molecule has 0 saturated carbocycles. The molecule has 2 amide bonds. The van der Waals surface area contributed by atoms with Gasteiger partial charge in [-0.15, -0.1) is 0 Å². The Bertz CT molecular complexity index is 1410. The molecule has 3 heterocycles.